The number of Topliss-reactive ketones (excluding diaryl/α,β-unsaturated/α-hetero) is 1. The molecule has 5 rings (SSSR count). The quantitative estimate of drug-likeness (QED) is 0.382. The molecule has 0 saturated carbocycles. The highest BCUT2D eigenvalue weighted by Crippen LogP contribution is 2.48. The van der Waals surface area contributed by atoms with Gasteiger partial charge in [0, 0.05) is 28.4 Å². The molecule has 1 aliphatic carbocycles. The van der Waals surface area contributed by atoms with E-state index in [4.69, 9.17) is 17.3 Å². The number of nitrogens with two attached hydrogens (primary N) is 1. The third-order valence-corrected chi connectivity index (χ3v) is 8.56. The minimum atomic E-state index is -0.662. The number of hydrogen-bond acceptors (Lipinski definition) is 9. The number of rotatable bonds is 6. The molecule has 2 aromatic carbocycles. The molecule has 8 nitrogen and oxygen atoms in total. The van der Waals surface area contributed by atoms with Gasteiger partial charge in [0.25, 0.3) is 0 Å². The summed E-state index contributed by atoms with van der Waals surface area (Å²) in [6.07, 6.45) is 1.58. The molecule has 3 aromatic rings. The number of carbonyl (C=O) groups is 2. The molecule has 1 aromatic heterocycles. The predicted molar refractivity (Wildman–Crippen MR) is 145 cm³/mol. The van der Waals surface area contributed by atoms with E-state index < -0.39 is 5.92 Å². The fraction of sp³-hybridized carbons (Fsp3) is 0.192. The van der Waals surface area contributed by atoms with Gasteiger partial charge in [0.2, 0.25) is 11.0 Å². The summed E-state index contributed by atoms with van der Waals surface area (Å²) in [4.78, 5) is 27.2. The molecule has 0 radical (unpaired) electrons. The van der Waals surface area contributed by atoms with Gasteiger partial charge in [0.1, 0.15) is 11.6 Å². The highest BCUT2D eigenvalue weighted by Gasteiger charge is 2.41. The van der Waals surface area contributed by atoms with Gasteiger partial charge in [-0.1, -0.05) is 52.9 Å². The Bertz CT molecular complexity index is 1530. The van der Waals surface area contributed by atoms with Crippen molar-refractivity contribution in [2.45, 2.75) is 29.5 Å². The van der Waals surface area contributed by atoms with E-state index in [-0.39, 0.29) is 34.7 Å². The minimum Gasteiger partial charge on any atom is -0.384 e. The van der Waals surface area contributed by atoms with Crippen LogP contribution in [0.4, 0.5) is 15.2 Å². The maximum atomic E-state index is 13.2. The number of hydrogen-bond donors (Lipinski definition) is 2. The third-order valence-electron chi connectivity index (χ3n) is 6.17. The van der Waals surface area contributed by atoms with Crippen LogP contribution >= 0.6 is 34.7 Å². The number of benzene rings is 2. The predicted octanol–water partition coefficient (Wildman–Crippen LogP) is 5.37. The zero-order valence-electron chi connectivity index (χ0n) is 19.8. The molecule has 2 aliphatic rings. The summed E-state index contributed by atoms with van der Waals surface area (Å²) in [5.74, 6) is -1.16. The normalized spacial score (nSPS) is 17.3. The molecule has 1 aliphatic heterocycles. The number of amides is 1. The van der Waals surface area contributed by atoms with Gasteiger partial charge in [-0.15, -0.1) is 10.2 Å². The first kappa shape index (κ1) is 25.9. The van der Waals surface area contributed by atoms with Crippen LogP contribution in [-0.4, -0.2) is 27.6 Å². The minimum absolute atomic E-state index is 0.0573. The summed E-state index contributed by atoms with van der Waals surface area (Å²) < 4.78 is 13.6. The van der Waals surface area contributed by atoms with Crippen LogP contribution in [-0.2, 0) is 9.59 Å². The van der Waals surface area contributed by atoms with Crippen molar-refractivity contribution < 1.29 is 14.0 Å². The van der Waals surface area contributed by atoms with Crippen molar-refractivity contribution >= 4 is 57.2 Å². The van der Waals surface area contributed by atoms with Gasteiger partial charge in [-0.25, -0.2) is 4.39 Å². The van der Waals surface area contributed by atoms with Gasteiger partial charge in [0.05, 0.1) is 23.3 Å². The second-order valence-corrected chi connectivity index (χ2v) is 11.1. The van der Waals surface area contributed by atoms with Gasteiger partial charge in [-0.3, -0.25) is 14.5 Å². The number of allylic oxidation sites excluding steroid dienone is 3. The Morgan fingerprint density at radius 3 is 2.74 bits per heavy atom. The first-order valence-electron chi connectivity index (χ1n) is 11.6. The van der Waals surface area contributed by atoms with Gasteiger partial charge in [0.15, 0.2) is 10.1 Å². The van der Waals surface area contributed by atoms with Crippen molar-refractivity contribution in [3.05, 3.63) is 87.6 Å². The van der Waals surface area contributed by atoms with Crippen LogP contribution in [0.15, 0.2) is 75.5 Å². The molecule has 38 heavy (non-hydrogen) atoms. The molecule has 3 N–H and O–H groups in total. The Balaban J connectivity index is 1.42. The molecular weight excluding hydrogens is 547 g/mol. The Morgan fingerprint density at radius 1 is 1.24 bits per heavy atom. The summed E-state index contributed by atoms with van der Waals surface area (Å²) in [6.45, 7) is 0. The number of thioether (sulfide) groups is 1. The van der Waals surface area contributed by atoms with Crippen molar-refractivity contribution in [2.75, 3.05) is 16.0 Å². The number of anilines is 2. The van der Waals surface area contributed by atoms with E-state index in [2.05, 4.69) is 21.6 Å². The number of ketones is 1. The number of nitriles is 1. The Hall–Kier alpha value is -3.72. The summed E-state index contributed by atoms with van der Waals surface area (Å²) in [5.41, 5.74) is 9.10. The number of nitrogens with one attached hydrogen (secondary N) is 1. The Kier molecular flexibility index (Phi) is 7.46. The number of carbonyl (C=O) groups excluding carboxylic acids is 2. The van der Waals surface area contributed by atoms with Crippen LogP contribution < -0.4 is 16.0 Å². The second kappa shape index (κ2) is 10.9. The molecule has 0 saturated heterocycles. The molecular formula is C26H20ClFN6O2S2. The number of nitrogens with zero attached hydrogens (tertiary/aromatic N) is 4. The molecule has 0 fully saturated rings. The molecule has 2 heterocycles. The molecule has 1 atom stereocenters. The fourth-order valence-electron chi connectivity index (χ4n) is 4.53. The topological polar surface area (TPSA) is 125 Å². The van der Waals surface area contributed by atoms with Gasteiger partial charge in [-0.2, -0.15) is 5.26 Å². The number of aromatic nitrogens is 2. The van der Waals surface area contributed by atoms with E-state index in [1.165, 1.54) is 47.4 Å². The van der Waals surface area contributed by atoms with Crippen LogP contribution in [0.25, 0.3) is 0 Å². The lowest BCUT2D eigenvalue weighted by Crippen LogP contribution is -2.38. The summed E-state index contributed by atoms with van der Waals surface area (Å²) in [7, 11) is 0. The average molecular weight is 567 g/mol. The molecule has 12 heteroatoms. The van der Waals surface area contributed by atoms with Crippen molar-refractivity contribution in [3.63, 3.8) is 0 Å². The van der Waals surface area contributed by atoms with Gasteiger partial charge in [-0.05, 0) is 48.7 Å². The summed E-state index contributed by atoms with van der Waals surface area (Å²) >= 11 is 8.88. The van der Waals surface area contributed by atoms with Crippen LogP contribution in [0.1, 0.15) is 30.7 Å². The monoisotopic (exact) mass is 566 g/mol. The molecule has 1 amide bonds. The van der Waals surface area contributed by atoms with E-state index in [0.29, 0.717) is 56.3 Å². The van der Waals surface area contributed by atoms with Gasteiger partial charge >= 0.3 is 0 Å². The first-order valence-corrected chi connectivity index (χ1v) is 13.8. The highest BCUT2D eigenvalue weighted by atomic mass is 35.5. The summed E-state index contributed by atoms with van der Waals surface area (Å²) in [5, 5.41) is 22.1. The standard InChI is InChI=1S/C26H20ClFN6O2S2/c27-18-5-2-1-4-16(18)22-17(12-29)24(30)34(19-6-3-7-20(35)23(19)22)25-32-33-26(38-25)37-13-21(36)31-15-10-8-14(28)9-11-15/h1-2,4-5,8-11,22H,3,6-7,13,30H2,(H,31,36). The van der Waals surface area contributed by atoms with E-state index in [0.717, 1.165) is 0 Å². The lowest BCUT2D eigenvalue weighted by atomic mass is 9.76. The van der Waals surface area contributed by atoms with Crippen LogP contribution in [0.5, 0.6) is 0 Å². The smallest absolute Gasteiger partial charge is 0.234 e. The molecule has 0 spiro atoms. The van der Waals surface area contributed by atoms with Crippen molar-refractivity contribution in [1.29, 1.82) is 5.26 Å². The average Bonchev–Trinajstić information content (AvgIpc) is 3.37. The maximum absolute atomic E-state index is 13.2. The summed E-state index contributed by atoms with van der Waals surface area (Å²) in [6, 6.07) is 14.8. The molecule has 0 bridgehead atoms. The van der Waals surface area contributed by atoms with Crippen LogP contribution in [0.3, 0.4) is 0 Å². The second-order valence-electron chi connectivity index (χ2n) is 8.53. The van der Waals surface area contributed by atoms with Crippen molar-refractivity contribution in [1.82, 2.24) is 10.2 Å². The SMILES string of the molecule is N#CC1=C(N)N(c2nnc(SCC(=O)Nc3ccc(F)cc3)s2)C2=C(C(=O)CCC2)C1c1ccccc1Cl. The van der Waals surface area contributed by atoms with Crippen LogP contribution in [0.2, 0.25) is 5.02 Å². The van der Waals surface area contributed by atoms with E-state index in [1.54, 1.807) is 23.1 Å². The first-order chi connectivity index (χ1) is 18.4. The van der Waals surface area contributed by atoms with E-state index >= 15 is 0 Å². The Morgan fingerprint density at radius 2 is 2.00 bits per heavy atom. The van der Waals surface area contributed by atoms with Crippen molar-refractivity contribution in [2.24, 2.45) is 5.73 Å². The lowest BCUT2D eigenvalue weighted by Gasteiger charge is -2.38. The molecule has 1 unspecified atom stereocenters. The zero-order valence-corrected chi connectivity index (χ0v) is 22.2. The third kappa shape index (κ3) is 5.03. The highest BCUT2D eigenvalue weighted by molar-refractivity contribution is 8.01. The maximum Gasteiger partial charge on any atom is 0.234 e. The Labute approximate surface area is 231 Å². The van der Waals surface area contributed by atoms with Crippen molar-refractivity contribution in [3.8, 4) is 6.07 Å². The molecule has 192 valence electrons. The van der Waals surface area contributed by atoms with Gasteiger partial charge < -0.3 is 11.1 Å². The fourth-order valence-corrected chi connectivity index (χ4v) is 6.46. The number of halogens is 2. The zero-order chi connectivity index (χ0) is 26.8. The largest absolute Gasteiger partial charge is 0.384 e. The van der Waals surface area contributed by atoms with E-state index in [1.807, 2.05) is 6.07 Å². The lowest BCUT2D eigenvalue weighted by molar-refractivity contribution is -0.116. The van der Waals surface area contributed by atoms with Crippen LogP contribution in [0, 0.1) is 17.1 Å². The van der Waals surface area contributed by atoms with E-state index in [9.17, 15) is 19.2 Å².